The summed E-state index contributed by atoms with van der Waals surface area (Å²) in [6.45, 7) is 6.83. The van der Waals surface area contributed by atoms with Crippen LogP contribution < -0.4 is 0 Å². The van der Waals surface area contributed by atoms with Crippen molar-refractivity contribution in [2.24, 2.45) is 5.92 Å². The second kappa shape index (κ2) is 8.99. The molecule has 1 fully saturated rings. The maximum Gasteiger partial charge on any atom is 0.126 e. The minimum absolute atomic E-state index is 0.0186. The third-order valence-electron chi connectivity index (χ3n) is 6.83. The average molecular weight is 490 g/mol. The molecule has 0 bridgehead atoms. The van der Waals surface area contributed by atoms with Crippen LogP contribution in [0.4, 0.5) is 8.78 Å². The van der Waals surface area contributed by atoms with Crippen LogP contribution in [0, 0.1) is 17.6 Å². The average Bonchev–Trinajstić information content (AvgIpc) is 2.69. The summed E-state index contributed by atoms with van der Waals surface area (Å²) in [6, 6.07) is 19.1. The SMILES string of the molecule is CC(C)(O)C(c1cc(F)cc(F)c1)C1CN(C(C)(c2ccc(Cl)cc2)c2ccc(Cl)cc2)C1. The lowest BCUT2D eigenvalue weighted by Gasteiger charge is -2.55. The molecule has 1 atom stereocenters. The van der Waals surface area contributed by atoms with Gasteiger partial charge in [-0.2, -0.15) is 0 Å². The van der Waals surface area contributed by atoms with E-state index in [4.69, 9.17) is 23.2 Å². The van der Waals surface area contributed by atoms with Gasteiger partial charge >= 0.3 is 0 Å². The van der Waals surface area contributed by atoms with Crippen LogP contribution in [0.3, 0.4) is 0 Å². The van der Waals surface area contributed by atoms with E-state index in [9.17, 15) is 13.9 Å². The largest absolute Gasteiger partial charge is 0.390 e. The van der Waals surface area contributed by atoms with Crippen LogP contribution in [0.15, 0.2) is 66.7 Å². The molecule has 0 aromatic heterocycles. The van der Waals surface area contributed by atoms with Gasteiger partial charge in [0.25, 0.3) is 0 Å². The molecule has 174 valence electrons. The second-order valence-corrected chi connectivity index (χ2v) is 10.5. The summed E-state index contributed by atoms with van der Waals surface area (Å²) in [5.41, 5.74) is 1.01. The normalized spacial score (nSPS) is 16.5. The molecule has 1 N–H and O–H groups in total. The van der Waals surface area contributed by atoms with Crippen molar-refractivity contribution in [2.75, 3.05) is 13.1 Å². The monoisotopic (exact) mass is 489 g/mol. The minimum atomic E-state index is -1.14. The summed E-state index contributed by atoms with van der Waals surface area (Å²) in [5.74, 6) is -1.67. The second-order valence-electron chi connectivity index (χ2n) is 9.59. The van der Waals surface area contributed by atoms with Crippen molar-refractivity contribution in [1.29, 1.82) is 0 Å². The molecule has 1 aliphatic rings. The van der Waals surface area contributed by atoms with E-state index in [0.29, 0.717) is 28.7 Å². The maximum atomic E-state index is 14.0. The molecule has 4 rings (SSSR count). The van der Waals surface area contributed by atoms with Crippen LogP contribution in [-0.2, 0) is 5.54 Å². The summed E-state index contributed by atoms with van der Waals surface area (Å²) < 4.78 is 28.0. The molecule has 1 unspecified atom stereocenters. The van der Waals surface area contributed by atoms with Crippen molar-refractivity contribution in [3.8, 4) is 0 Å². The Morgan fingerprint density at radius 3 is 1.64 bits per heavy atom. The van der Waals surface area contributed by atoms with Crippen LogP contribution in [0.2, 0.25) is 10.0 Å². The minimum Gasteiger partial charge on any atom is -0.390 e. The van der Waals surface area contributed by atoms with E-state index >= 15 is 0 Å². The Labute approximate surface area is 203 Å². The lowest BCUT2D eigenvalue weighted by molar-refractivity contribution is -0.0526. The molecule has 2 nitrogen and oxygen atoms in total. The van der Waals surface area contributed by atoms with Gasteiger partial charge in [-0.3, -0.25) is 4.90 Å². The number of rotatable bonds is 6. The van der Waals surface area contributed by atoms with E-state index in [1.165, 1.54) is 12.1 Å². The predicted molar refractivity (Wildman–Crippen MR) is 130 cm³/mol. The van der Waals surface area contributed by atoms with Crippen molar-refractivity contribution in [3.63, 3.8) is 0 Å². The van der Waals surface area contributed by atoms with Crippen molar-refractivity contribution in [1.82, 2.24) is 4.90 Å². The highest BCUT2D eigenvalue weighted by atomic mass is 35.5. The molecule has 0 aliphatic carbocycles. The summed E-state index contributed by atoms with van der Waals surface area (Å²) in [7, 11) is 0. The van der Waals surface area contributed by atoms with Gasteiger partial charge in [-0.1, -0.05) is 47.5 Å². The third-order valence-corrected chi connectivity index (χ3v) is 7.34. The predicted octanol–water partition coefficient (Wildman–Crippen LogP) is 7.02. The fourth-order valence-electron chi connectivity index (χ4n) is 5.18. The van der Waals surface area contributed by atoms with Gasteiger partial charge in [-0.25, -0.2) is 8.78 Å². The van der Waals surface area contributed by atoms with E-state index in [0.717, 1.165) is 17.2 Å². The third kappa shape index (κ3) is 4.81. The molecule has 3 aromatic carbocycles. The van der Waals surface area contributed by atoms with E-state index in [2.05, 4.69) is 11.8 Å². The van der Waals surface area contributed by atoms with E-state index in [-0.39, 0.29) is 5.92 Å². The number of aliphatic hydroxyl groups is 1. The van der Waals surface area contributed by atoms with E-state index < -0.39 is 28.7 Å². The molecular formula is C27H27Cl2F2NO. The number of hydrogen-bond donors (Lipinski definition) is 1. The van der Waals surface area contributed by atoms with Gasteiger partial charge in [0, 0.05) is 35.1 Å². The van der Waals surface area contributed by atoms with Gasteiger partial charge in [0.1, 0.15) is 11.6 Å². The van der Waals surface area contributed by atoms with E-state index in [1.807, 2.05) is 48.5 Å². The molecule has 33 heavy (non-hydrogen) atoms. The van der Waals surface area contributed by atoms with Crippen molar-refractivity contribution < 1.29 is 13.9 Å². The Bertz CT molecular complexity index is 1050. The fraction of sp³-hybridized carbons (Fsp3) is 0.333. The van der Waals surface area contributed by atoms with Gasteiger partial charge in [0.2, 0.25) is 0 Å². The quantitative estimate of drug-likeness (QED) is 0.401. The first kappa shape index (κ1) is 24.2. The zero-order valence-corrected chi connectivity index (χ0v) is 20.3. The Balaban J connectivity index is 1.69. The molecule has 0 amide bonds. The van der Waals surface area contributed by atoms with Crippen molar-refractivity contribution in [2.45, 2.75) is 37.8 Å². The van der Waals surface area contributed by atoms with Gasteiger partial charge in [-0.15, -0.1) is 0 Å². The maximum absolute atomic E-state index is 14.0. The Morgan fingerprint density at radius 1 is 0.818 bits per heavy atom. The highest BCUT2D eigenvalue weighted by molar-refractivity contribution is 6.30. The van der Waals surface area contributed by atoms with Gasteiger partial charge < -0.3 is 5.11 Å². The lowest BCUT2D eigenvalue weighted by atomic mass is 9.69. The zero-order valence-electron chi connectivity index (χ0n) is 18.8. The zero-order chi connectivity index (χ0) is 24.0. The molecule has 1 saturated heterocycles. The van der Waals surface area contributed by atoms with E-state index in [1.54, 1.807) is 13.8 Å². The van der Waals surface area contributed by atoms with Crippen LogP contribution >= 0.6 is 23.2 Å². The summed E-state index contributed by atoms with van der Waals surface area (Å²) >= 11 is 12.3. The smallest absolute Gasteiger partial charge is 0.126 e. The number of halogens is 4. The number of likely N-dealkylation sites (tertiary alicyclic amines) is 1. The van der Waals surface area contributed by atoms with Crippen LogP contribution in [-0.4, -0.2) is 28.7 Å². The van der Waals surface area contributed by atoms with Gasteiger partial charge in [0.05, 0.1) is 11.1 Å². The summed E-state index contributed by atoms with van der Waals surface area (Å²) in [5, 5.41) is 12.3. The summed E-state index contributed by atoms with van der Waals surface area (Å²) in [6.07, 6.45) is 0. The Kier molecular flexibility index (Phi) is 6.58. The van der Waals surface area contributed by atoms with Crippen molar-refractivity contribution in [3.05, 3.63) is 105 Å². The molecule has 3 aromatic rings. The van der Waals surface area contributed by atoms with Crippen LogP contribution in [0.5, 0.6) is 0 Å². The number of hydrogen-bond acceptors (Lipinski definition) is 2. The Hall–Kier alpha value is -1.98. The molecule has 0 spiro atoms. The lowest BCUT2D eigenvalue weighted by Crippen LogP contribution is -2.60. The summed E-state index contributed by atoms with van der Waals surface area (Å²) in [4.78, 5) is 2.32. The first-order chi connectivity index (χ1) is 15.5. The molecule has 1 aliphatic heterocycles. The highest BCUT2D eigenvalue weighted by Gasteiger charge is 2.48. The van der Waals surface area contributed by atoms with Gasteiger partial charge in [-0.05, 0) is 79.8 Å². The Morgan fingerprint density at radius 2 is 1.24 bits per heavy atom. The molecule has 1 heterocycles. The van der Waals surface area contributed by atoms with Gasteiger partial charge in [0.15, 0.2) is 0 Å². The number of nitrogens with zero attached hydrogens (tertiary/aromatic N) is 1. The van der Waals surface area contributed by atoms with Crippen LogP contribution in [0.1, 0.15) is 43.4 Å². The molecule has 0 radical (unpaired) electrons. The number of benzene rings is 3. The fourth-order valence-corrected chi connectivity index (χ4v) is 5.43. The standard InChI is InChI=1S/C27H27Cl2F2NO/c1-26(2,33)25(17-12-23(30)14-24(31)13-17)18-15-32(16-18)27(3,19-4-8-21(28)9-5-19)20-6-10-22(29)11-7-20/h4-14,18,25,33H,15-16H2,1-3H3. The highest BCUT2D eigenvalue weighted by Crippen LogP contribution is 2.47. The first-order valence-electron chi connectivity index (χ1n) is 10.9. The first-order valence-corrected chi connectivity index (χ1v) is 11.7. The topological polar surface area (TPSA) is 23.5 Å². The molecule has 6 heteroatoms. The molecule has 0 saturated carbocycles. The van der Waals surface area contributed by atoms with Crippen LogP contribution in [0.25, 0.3) is 0 Å². The van der Waals surface area contributed by atoms with Crippen molar-refractivity contribution >= 4 is 23.2 Å². The molecular weight excluding hydrogens is 463 g/mol.